The quantitative estimate of drug-likeness (QED) is 0.269. The fourth-order valence-electron chi connectivity index (χ4n) is 3.68. The third-order valence-electron chi connectivity index (χ3n) is 5.33. The Morgan fingerprint density at radius 2 is 1.29 bits per heavy atom. The Hall–Kier alpha value is -2.95. The van der Waals surface area contributed by atoms with Gasteiger partial charge in [-0.3, -0.25) is 0 Å². The Labute approximate surface area is 212 Å². The van der Waals surface area contributed by atoms with Gasteiger partial charge in [0, 0.05) is 27.2 Å². The third kappa shape index (κ3) is 5.75. The fraction of sp³-hybridized carbons (Fsp3) is 0.167. The number of aromatic nitrogens is 2. The first kappa shape index (κ1) is 24.2. The largest absolute Gasteiger partial charge is 0.339 e. The van der Waals surface area contributed by atoms with Gasteiger partial charge < -0.3 is 4.98 Å². The van der Waals surface area contributed by atoms with Crippen molar-refractivity contribution in [2.75, 3.05) is 0 Å². The highest BCUT2D eigenvalue weighted by atomic mass is 32.2. The number of H-pyrrole nitrogens is 1. The van der Waals surface area contributed by atoms with E-state index >= 15 is 0 Å². The van der Waals surface area contributed by atoms with Crippen molar-refractivity contribution in [3.63, 3.8) is 0 Å². The lowest BCUT2D eigenvalue weighted by Gasteiger charge is -2.08. The maximum Gasteiger partial charge on any atom is 0.140 e. The van der Waals surface area contributed by atoms with Crippen LogP contribution >= 0.6 is 23.5 Å². The van der Waals surface area contributed by atoms with Crippen LogP contribution < -0.4 is 0 Å². The van der Waals surface area contributed by atoms with E-state index in [1.807, 2.05) is 13.8 Å². The topological polar surface area (TPSA) is 28.7 Å². The molecule has 0 unspecified atom stereocenters. The summed E-state index contributed by atoms with van der Waals surface area (Å²) in [6.07, 6.45) is 0. The van der Waals surface area contributed by atoms with Crippen molar-refractivity contribution in [2.24, 2.45) is 0 Å². The molecule has 3 aromatic carbocycles. The smallest absolute Gasteiger partial charge is 0.140 e. The lowest BCUT2D eigenvalue weighted by atomic mass is 10.1. The molecule has 4 heteroatoms. The zero-order valence-electron chi connectivity index (χ0n) is 20.3. The van der Waals surface area contributed by atoms with Crippen LogP contribution in [0.1, 0.15) is 32.0 Å². The second-order valence-electron chi connectivity index (χ2n) is 8.11. The second kappa shape index (κ2) is 11.0. The first-order valence-corrected chi connectivity index (χ1v) is 13.3. The van der Waals surface area contributed by atoms with Gasteiger partial charge in [-0.1, -0.05) is 103 Å². The highest BCUT2D eigenvalue weighted by Crippen LogP contribution is 2.39. The molecule has 1 N–H and O–H groups in total. The maximum atomic E-state index is 4.98. The van der Waals surface area contributed by atoms with Crippen molar-refractivity contribution in [1.29, 1.82) is 0 Å². The minimum Gasteiger partial charge on any atom is -0.339 e. The maximum absolute atomic E-state index is 4.98. The summed E-state index contributed by atoms with van der Waals surface area (Å²) in [4.78, 5) is 12.2. The standard InChI is InChI=1S/C28H24N2S2.C2H6.H2/c1-18-10-12-21(13-11-18)25-16-24-26(31-22-8-4-6-19(2)14-22)17-27(30-28(24)29-25)32-23-9-5-7-20(3)15-23;1-2;/h4-17H,1-3H3,(H,29,30);1-2H3;1H. The van der Waals surface area contributed by atoms with Gasteiger partial charge in [0.1, 0.15) is 10.7 Å². The number of nitrogens with zero attached hydrogens (tertiary/aromatic N) is 1. The van der Waals surface area contributed by atoms with E-state index in [1.165, 1.54) is 36.9 Å². The van der Waals surface area contributed by atoms with Crippen LogP contribution in [0.15, 0.2) is 105 Å². The zero-order chi connectivity index (χ0) is 24.1. The lowest BCUT2D eigenvalue weighted by molar-refractivity contribution is 1.13. The molecule has 0 spiro atoms. The summed E-state index contributed by atoms with van der Waals surface area (Å²) in [6, 6.07) is 30.3. The van der Waals surface area contributed by atoms with Crippen molar-refractivity contribution in [3.8, 4) is 11.3 Å². The number of hydrogen-bond donors (Lipinski definition) is 1. The highest BCUT2D eigenvalue weighted by Gasteiger charge is 2.13. The number of pyridine rings is 1. The Kier molecular flexibility index (Phi) is 7.81. The molecule has 0 aliphatic rings. The summed E-state index contributed by atoms with van der Waals surface area (Å²) in [6.45, 7) is 10.4. The third-order valence-corrected chi connectivity index (χ3v) is 7.29. The molecular formula is C30H32N2S2. The van der Waals surface area contributed by atoms with Crippen LogP contribution in [-0.4, -0.2) is 9.97 Å². The molecule has 0 fully saturated rings. The molecule has 0 saturated heterocycles. The van der Waals surface area contributed by atoms with Gasteiger partial charge in [-0.25, -0.2) is 4.98 Å². The molecule has 0 radical (unpaired) electrons. The van der Waals surface area contributed by atoms with Crippen molar-refractivity contribution in [3.05, 3.63) is 102 Å². The van der Waals surface area contributed by atoms with E-state index in [0.717, 1.165) is 21.8 Å². The highest BCUT2D eigenvalue weighted by molar-refractivity contribution is 8.00. The average molecular weight is 485 g/mol. The molecule has 2 heterocycles. The Balaban J connectivity index is 0.00000111. The molecule has 2 aromatic heterocycles. The number of nitrogens with one attached hydrogen (secondary N) is 1. The molecule has 0 atom stereocenters. The zero-order valence-corrected chi connectivity index (χ0v) is 22.0. The molecule has 174 valence electrons. The molecule has 5 rings (SSSR count). The van der Waals surface area contributed by atoms with Crippen molar-refractivity contribution in [2.45, 2.75) is 54.3 Å². The van der Waals surface area contributed by atoms with Crippen LogP contribution in [0.2, 0.25) is 0 Å². The Morgan fingerprint density at radius 1 is 0.676 bits per heavy atom. The minimum absolute atomic E-state index is 0. The number of benzene rings is 3. The normalized spacial score (nSPS) is 10.7. The number of hydrogen-bond acceptors (Lipinski definition) is 3. The van der Waals surface area contributed by atoms with E-state index < -0.39 is 0 Å². The molecule has 0 bridgehead atoms. The summed E-state index contributed by atoms with van der Waals surface area (Å²) in [5.74, 6) is 0. The summed E-state index contributed by atoms with van der Waals surface area (Å²) < 4.78 is 0. The van der Waals surface area contributed by atoms with Gasteiger partial charge in [0.15, 0.2) is 0 Å². The van der Waals surface area contributed by atoms with Crippen molar-refractivity contribution in [1.82, 2.24) is 9.97 Å². The van der Waals surface area contributed by atoms with Crippen molar-refractivity contribution < 1.29 is 1.43 Å². The van der Waals surface area contributed by atoms with E-state index in [0.29, 0.717) is 0 Å². The molecular weight excluding hydrogens is 452 g/mol. The molecule has 34 heavy (non-hydrogen) atoms. The second-order valence-corrected chi connectivity index (χ2v) is 10.3. The van der Waals surface area contributed by atoms with Gasteiger partial charge in [-0.2, -0.15) is 0 Å². The van der Waals surface area contributed by atoms with Gasteiger partial charge in [-0.15, -0.1) is 0 Å². The summed E-state index contributed by atoms with van der Waals surface area (Å²) in [5, 5.41) is 2.15. The lowest BCUT2D eigenvalue weighted by Crippen LogP contribution is -1.86. The molecule has 2 nitrogen and oxygen atoms in total. The average Bonchev–Trinajstić information content (AvgIpc) is 3.25. The molecule has 0 amide bonds. The fourth-order valence-corrected chi connectivity index (χ4v) is 5.79. The minimum atomic E-state index is 0. The van der Waals surface area contributed by atoms with E-state index in [2.05, 4.69) is 111 Å². The Bertz CT molecular complexity index is 1410. The predicted octanol–water partition coefficient (Wildman–Crippen LogP) is 9.73. The molecule has 0 aliphatic carbocycles. The number of aryl methyl sites for hydroxylation is 3. The SMILES string of the molecule is CC.Cc1ccc(-c2cc3c(Sc4cccc(C)c4)cc(Sc4cccc(C)c4)nc3[nH]2)cc1.[HH]. The van der Waals surface area contributed by atoms with Gasteiger partial charge in [0.05, 0.1) is 0 Å². The first-order chi connectivity index (χ1) is 16.5. The summed E-state index contributed by atoms with van der Waals surface area (Å²) in [7, 11) is 0. The number of fused-ring (bicyclic) bond motifs is 1. The van der Waals surface area contributed by atoms with Crippen molar-refractivity contribution >= 4 is 34.6 Å². The van der Waals surface area contributed by atoms with Crippen LogP contribution in [0.3, 0.4) is 0 Å². The van der Waals surface area contributed by atoms with Crippen LogP contribution in [0.5, 0.6) is 0 Å². The van der Waals surface area contributed by atoms with Crippen LogP contribution in [0.4, 0.5) is 0 Å². The van der Waals surface area contributed by atoms with Gasteiger partial charge in [0.2, 0.25) is 0 Å². The molecule has 0 aliphatic heterocycles. The van der Waals surface area contributed by atoms with E-state index in [4.69, 9.17) is 4.98 Å². The predicted molar refractivity (Wildman–Crippen MR) is 150 cm³/mol. The van der Waals surface area contributed by atoms with Crippen LogP contribution in [0, 0.1) is 20.8 Å². The molecule has 0 saturated carbocycles. The first-order valence-electron chi connectivity index (χ1n) is 11.6. The molecule has 5 aromatic rings. The summed E-state index contributed by atoms with van der Waals surface area (Å²) >= 11 is 3.50. The Morgan fingerprint density at radius 3 is 1.91 bits per heavy atom. The van der Waals surface area contributed by atoms with Crippen LogP contribution in [0.25, 0.3) is 22.3 Å². The van der Waals surface area contributed by atoms with Gasteiger partial charge in [0.25, 0.3) is 0 Å². The number of aromatic amines is 1. The summed E-state index contributed by atoms with van der Waals surface area (Å²) in [5.41, 5.74) is 6.98. The van der Waals surface area contributed by atoms with Crippen LogP contribution in [-0.2, 0) is 0 Å². The van der Waals surface area contributed by atoms with Gasteiger partial charge in [-0.05, 0) is 62.7 Å². The van der Waals surface area contributed by atoms with E-state index in [1.54, 1.807) is 23.5 Å². The van der Waals surface area contributed by atoms with E-state index in [-0.39, 0.29) is 1.43 Å². The number of rotatable bonds is 5. The monoisotopic (exact) mass is 484 g/mol. The van der Waals surface area contributed by atoms with Gasteiger partial charge >= 0.3 is 0 Å². The van der Waals surface area contributed by atoms with E-state index in [9.17, 15) is 0 Å².